The van der Waals surface area contributed by atoms with E-state index in [9.17, 15) is 0 Å². The molecule has 1 saturated carbocycles. The van der Waals surface area contributed by atoms with E-state index in [0.29, 0.717) is 5.41 Å². The monoisotopic (exact) mass is 177 g/mol. The Hall–Kier alpha value is -0.720. The van der Waals surface area contributed by atoms with Crippen LogP contribution in [-0.2, 0) is 0 Å². The van der Waals surface area contributed by atoms with Crippen LogP contribution in [0.25, 0.3) is 0 Å². The summed E-state index contributed by atoms with van der Waals surface area (Å²) in [7, 11) is 0. The Morgan fingerprint density at radius 1 is 1.62 bits per heavy atom. The maximum atomic E-state index is 6.06. The van der Waals surface area contributed by atoms with E-state index < -0.39 is 0 Å². The largest absolute Gasteiger partial charge is 0.402 e. The standard InChI is InChI=1S/C12H19N/c1-7(2)11-10(13)6-5-9-8(3)12(9,11)4/h8-9H,1,5-6,13H2,2-4H3. The first-order valence-corrected chi connectivity index (χ1v) is 5.14. The van der Waals surface area contributed by atoms with Gasteiger partial charge in [0.1, 0.15) is 0 Å². The van der Waals surface area contributed by atoms with Crippen molar-refractivity contribution in [3.63, 3.8) is 0 Å². The van der Waals surface area contributed by atoms with Gasteiger partial charge in [-0.3, -0.25) is 0 Å². The molecule has 0 heterocycles. The Morgan fingerprint density at radius 3 is 2.69 bits per heavy atom. The first kappa shape index (κ1) is 8.86. The fourth-order valence-electron chi connectivity index (χ4n) is 3.31. The predicted octanol–water partition coefficient (Wildman–Crippen LogP) is 2.84. The lowest BCUT2D eigenvalue weighted by Crippen LogP contribution is -2.17. The zero-order valence-electron chi connectivity index (χ0n) is 8.85. The molecule has 0 aromatic carbocycles. The molecule has 2 aliphatic rings. The Labute approximate surface area is 80.7 Å². The predicted molar refractivity (Wildman–Crippen MR) is 56.0 cm³/mol. The van der Waals surface area contributed by atoms with E-state index in [4.69, 9.17) is 5.73 Å². The highest BCUT2D eigenvalue weighted by Gasteiger charge is 2.61. The van der Waals surface area contributed by atoms with Crippen LogP contribution >= 0.6 is 0 Å². The fraction of sp³-hybridized carbons (Fsp3) is 0.667. The fourth-order valence-corrected chi connectivity index (χ4v) is 3.31. The van der Waals surface area contributed by atoms with Crippen molar-refractivity contribution in [2.24, 2.45) is 23.0 Å². The minimum Gasteiger partial charge on any atom is -0.402 e. The van der Waals surface area contributed by atoms with Crippen LogP contribution in [0, 0.1) is 17.3 Å². The second kappa shape index (κ2) is 2.40. The highest BCUT2D eigenvalue weighted by Crippen LogP contribution is 2.68. The molecule has 0 saturated heterocycles. The molecule has 72 valence electrons. The molecule has 0 aliphatic heterocycles. The lowest BCUT2D eigenvalue weighted by atomic mass is 9.82. The average molecular weight is 177 g/mol. The molecule has 0 spiro atoms. The van der Waals surface area contributed by atoms with E-state index in [-0.39, 0.29) is 0 Å². The molecule has 13 heavy (non-hydrogen) atoms. The minimum atomic E-state index is 0.369. The Morgan fingerprint density at radius 2 is 2.23 bits per heavy atom. The van der Waals surface area contributed by atoms with Gasteiger partial charge in [-0.05, 0) is 37.2 Å². The molecular weight excluding hydrogens is 158 g/mol. The van der Waals surface area contributed by atoms with Crippen LogP contribution in [0.1, 0.15) is 33.6 Å². The van der Waals surface area contributed by atoms with Crippen LogP contribution in [0.2, 0.25) is 0 Å². The minimum absolute atomic E-state index is 0.369. The van der Waals surface area contributed by atoms with Crippen molar-refractivity contribution in [3.05, 3.63) is 23.4 Å². The van der Waals surface area contributed by atoms with Crippen LogP contribution in [-0.4, -0.2) is 0 Å². The normalized spacial score (nSPS) is 43.0. The molecule has 0 amide bonds. The average Bonchev–Trinajstić information content (AvgIpc) is 2.53. The van der Waals surface area contributed by atoms with Gasteiger partial charge in [-0.15, -0.1) is 0 Å². The zero-order valence-corrected chi connectivity index (χ0v) is 8.85. The second-order valence-corrected chi connectivity index (χ2v) is 4.90. The number of nitrogens with two attached hydrogens (primary N) is 1. The number of hydrogen-bond donors (Lipinski definition) is 1. The molecule has 3 unspecified atom stereocenters. The van der Waals surface area contributed by atoms with Crippen molar-refractivity contribution in [1.29, 1.82) is 0 Å². The van der Waals surface area contributed by atoms with Crippen molar-refractivity contribution in [2.75, 3.05) is 0 Å². The summed E-state index contributed by atoms with van der Waals surface area (Å²) in [6, 6.07) is 0. The number of fused-ring (bicyclic) bond motifs is 1. The van der Waals surface area contributed by atoms with Gasteiger partial charge in [0.05, 0.1) is 0 Å². The summed E-state index contributed by atoms with van der Waals surface area (Å²) >= 11 is 0. The topological polar surface area (TPSA) is 26.0 Å². The van der Waals surface area contributed by atoms with Crippen molar-refractivity contribution in [1.82, 2.24) is 0 Å². The summed E-state index contributed by atoms with van der Waals surface area (Å²) in [5.41, 5.74) is 10.1. The number of allylic oxidation sites excluding steroid dienone is 3. The van der Waals surface area contributed by atoms with Gasteiger partial charge in [-0.2, -0.15) is 0 Å². The SMILES string of the molecule is C=C(C)C1=C(N)CCC2C(C)C12C. The first-order valence-electron chi connectivity index (χ1n) is 5.14. The van der Waals surface area contributed by atoms with Crippen LogP contribution in [0.5, 0.6) is 0 Å². The first-order chi connectivity index (χ1) is 5.99. The Balaban J connectivity index is 2.44. The summed E-state index contributed by atoms with van der Waals surface area (Å²) in [6.07, 6.45) is 2.35. The molecule has 1 nitrogen and oxygen atoms in total. The third-order valence-corrected chi connectivity index (χ3v) is 4.22. The number of hydrogen-bond acceptors (Lipinski definition) is 1. The summed E-state index contributed by atoms with van der Waals surface area (Å²) in [5.74, 6) is 1.67. The molecule has 1 fully saturated rings. The van der Waals surface area contributed by atoms with Gasteiger partial charge in [0.25, 0.3) is 0 Å². The van der Waals surface area contributed by atoms with Crippen LogP contribution in [0.15, 0.2) is 23.4 Å². The summed E-state index contributed by atoms with van der Waals surface area (Å²) in [5, 5.41) is 0. The van der Waals surface area contributed by atoms with E-state index in [1.807, 2.05) is 0 Å². The van der Waals surface area contributed by atoms with Gasteiger partial charge >= 0.3 is 0 Å². The highest BCUT2D eigenvalue weighted by molar-refractivity contribution is 5.44. The third kappa shape index (κ3) is 0.932. The molecule has 1 heteroatoms. The second-order valence-electron chi connectivity index (χ2n) is 4.90. The van der Waals surface area contributed by atoms with Gasteiger partial charge in [-0.25, -0.2) is 0 Å². The van der Waals surface area contributed by atoms with Gasteiger partial charge < -0.3 is 5.73 Å². The molecule has 0 bridgehead atoms. The molecule has 0 radical (unpaired) electrons. The maximum absolute atomic E-state index is 6.06. The van der Waals surface area contributed by atoms with Crippen molar-refractivity contribution in [3.8, 4) is 0 Å². The molecule has 2 N–H and O–H groups in total. The van der Waals surface area contributed by atoms with Crippen molar-refractivity contribution < 1.29 is 0 Å². The summed E-state index contributed by atoms with van der Waals surface area (Å²) in [4.78, 5) is 0. The van der Waals surface area contributed by atoms with Crippen LogP contribution in [0.4, 0.5) is 0 Å². The maximum Gasteiger partial charge on any atom is 0.0121 e. The van der Waals surface area contributed by atoms with Crippen molar-refractivity contribution >= 4 is 0 Å². The van der Waals surface area contributed by atoms with E-state index in [1.165, 1.54) is 17.6 Å². The van der Waals surface area contributed by atoms with Crippen LogP contribution < -0.4 is 5.73 Å². The Bertz CT molecular complexity index is 300. The molecule has 0 aromatic rings. The van der Waals surface area contributed by atoms with E-state index in [0.717, 1.165) is 24.0 Å². The van der Waals surface area contributed by atoms with E-state index in [1.54, 1.807) is 0 Å². The molecule has 3 atom stereocenters. The van der Waals surface area contributed by atoms with Crippen molar-refractivity contribution in [2.45, 2.75) is 33.6 Å². The smallest absolute Gasteiger partial charge is 0.0121 e. The highest BCUT2D eigenvalue weighted by atomic mass is 14.7. The van der Waals surface area contributed by atoms with Gasteiger partial charge in [0.2, 0.25) is 0 Å². The zero-order chi connectivity index (χ0) is 9.80. The van der Waals surface area contributed by atoms with E-state index >= 15 is 0 Å². The van der Waals surface area contributed by atoms with Gasteiger partial charge in [-0.1, -0.05) is 26.0 Å². The number of rotatable bonds is 1. The summed E-state index contributed by atoms with van der Waals surface area (Å²) in [6.45, 7) is 10.8. The van der Waals surface area contributed by atoms with E-state index in [2.05, 4.69) is 27.4 Å². The third-order valence-electron chi connectivity index (χ3n) is 4.22. The Kier molecular flexibility index (Phi) is 1.64. The van der Waals surface area contributed by atoms with Gasteiger partial charge in [0.15, 0.2) is 0 Å². The lowest BCUT2D eigenvalue weighted by molar-refractivity contribution is 0.517. The van der Waals surface area contributed by atoms with Gasteiger partial charge in [0, 0.05) is 11.1 Å². The quantitative estimate of drug-likeness (QED) is 0.655. The molecule has 2 aliphatic carbocycles. The molecule has 2 rings (SSSR count). The van der Waals surface area contributed by atoms with Crippen LogP contribution in [0.3, 0.4) is 0 Å². The molecular formula is C12H19N. The lowest BCUT2D eigenvalue weighted by Gasteiger charge is -2.24. The summed E-state index contributed by atoms with van der Waals surface area (Å²) < 4.78 is 0. The molecule has 0 aromatic heterocycles.